The summed E-state index contributed by atoms with van der Waals surface area (Å²) < 4.78 is 41.1. The van der Waals surface area contributed by atoms with Gasteiger partial charge in [-0.3, -0.25) is 19.6 Å². The minimum atomic E-state index is -2.94. The fraction of sp³-hybridized carbons (Fsp3) is 0.0408. The number of hydrogen-bond acceptors (Lipinski definition) is 18. The molecule has 0 amide bonds. The first-order valence-corrected chi connectivity index (χ1v) is 52.7. The molecular weight excluding hydrogens is 2680 g/mol. The van der Waals surface area contributed by atoms with Gasteiger partial charge in [0, 0.05) is 182 Å². The number of aliphatic hydroxyl groups excluding tert-OH is 2. The summed E-state index contributed by atoms with van der Waals surface area (Å²) in [5, 5.41) is 22.3. The van der Waals surface area contributed by atoms with E-state index in [9.17, 15) is 18.7 Å². The molecule has 12 heterocycles. The molecule has 4 aromatic heterocycles. The Balaban J connectivity index is 0.000000124. The molecule has 2 unspecified atom stereocenters. The van der Waals surface area contributed by atoms with E-state index in [-0.39, 0.29) is 133 Å². The minimum absolute atomic E-state index is 0. The molecule has 30 heteroatoms. The number of rotatable bonds is 6. The molecule has 2 N–H and O–H groups in total. The summed E-state index contributed by atoms with van der Waals surface area (Å²) in [6.45, 7) is 6.39. The topological polar surface area (TPSA) is 212 Å². The van der Waals surface area contributed by atoms with Crippen molar-refractivity contribution in [1.29, 1.82) is 0 Å². The zero-order chi connectivity index (χ0) is 84.7. The molecule has 0 bridgehead atoms. The third-order valence-electron chi connectivity index (χ3n) is 20.9. The zero-order valence-corrected chi connectivity index (χ0v) is 89.1. The molecule has 24 rings (SSSR count). The van der Waals surface area contributed by atoms with E-state index >= 15 is 0 Å². The van der Waals surface area contributed by atoms with Crippen molar-refractivity contribution >= 4 is 246 Å². The maximum absolute atomic E-state index is 14.7. The molecule has 16 aromatic rings. The zero-order valence-electron chi connectivity index (χ0n) is 67.6. The number of carbonyl (C=O) groups is 2. The number of benzene rings is 12. The van der Waals surface area contributed by atoms with Crippen LogP contribution < -0.4 is 100 Å². The summed E-state index contributed by atoms with van der Waals surface area (Å²) in [6, 6.07) is 91.3. The Morgan fingerprint density at radius 2 is 0.609 bits per heavy atom. The molecule has 0 aliphatic carbocycles. The normalized spacial score (nSPS) is 15.2. The molecule has 0 saturated carbocycles. The van der Waals surface area contributed by atoms with E-state index in [1.165, 1.54) is 108 Å². The molecule has 8 aliphatic rings. The average molecular weight is 2750 g/mol. The molecule has 128 heavy (non-hydrogen) atoms. The van der Waals surface area contributed by atoms with Crippen molar-refractivity contribution < 1.29 is 109 Å². The molecule has 636 valence electrons. The number of carbonyl (C=O) groups excluding carboxylic acids is 2. The average Bonchev–Trinajstić information content (AvgIpc) is 0.737. The standard InChI is InChI=1S/2C22H12BN2Se2.2C22H12N2OPS2.2C5H8O2.4Ir/c2*1-3-7-18-15(5-1)23-16-6-2-4-8-19(16)27-21-12-14(11-20(26-18)22(21)23)17-13-24-9-10-25-17;2*25-26-16-5-1-3-7-18(16)27-20-11-14(15-13-23-9-10-24-15)12-21(22(20)26)28-19-8-4-2-6-17(19)26;2*1-4(6)3-5(2)7;;;;/h2*1-11,13H;2*1-11,13H;2*3,6H,1-2H3;;;;/q4*-1;;;;;;. The Hall–Kier alpha value is -7.95. The van der Waals surface area contributed by atoms with Crippen molar-refractivity contribution in [2.75, 3.05) is 0 Å². The van der Waals surface area contributed by atoms with Crippen LogP contribution in [-0.2, 0) is 99.1 Å². The molecule has 2 atom stereocenters. The Labute approximate surface area is 838 Å². The number of fused-ring (bicyclic) bond motifs is 16. The second kappa shape index (κ2) is 41.5. The fourth-order valence-electron chi connectivity index (χ4n) is 15.9. The van der Waals surface area contributed by atoms with Crippen molar-refractivity contribution in [3.63, 3.8) is 0 Å². The van der Waals surface area contributed by atoms with Gasteiger partial charge in [-0.05, 0) is 62.6 Å². The van der Waals surface area contributed by atoms with E-state index in [1.54, 1.807) is 109 Å². The number of nitrogens with zero attached hydrogens (tertiary/aromatic N) is 8. The molecule has 0 fully saturated rings. The fourth-order valence-corrected chi connectivity index (χ4v) is 40.1. The SMILES string of the molecule is CC(=O)C=C(C)O.CC(=O)C=C(C)O.O=P12c3ccccc3Sc3[c-]c(-c4cnccn4)cc(c31)Sc1ccccc12.O=P12c3ccccc3Sc3[c-]c(-c4cnccn4)cc(c31)Sc1ccccc12.[Ir].[Ir].[Ir].[Ir].[c-]1c(-c2cnccn2)cc2c3c1[Se]c1ccccc1B3c1ccccc1[Se]2.[c-]1c(-c2cnccn2)cc2c3c1[Se]c1ccccc1B3c1ccccc1[Se]2. The predicted octanol–water partition coefficient (Wildman–Crippen LogP) is 7.88. The first-order chi connectivity index (χ1) is 60.5. The van der Waals surface area contributed by atoms with Crippen LogP contribution in [-0.4, -0.2) is 135 Å². The van der Waals surface area contributed by atoms with Crippen LogP contribution in [0.25, 0.3) is 45.0 Å². The van der Waals surface area contributed by atoms with Gasteiger partial charge in [-0.25, -0.2) is 0 Å². The van der Waals surface area contributed by atoms with Crippen molar-refractivity contribution in [3.8, 4) is 45.0 Å². The molecule has 0 spiro atoms. The van der Waals surface area contributed by atoms with Crippen LogP contribution in [0.15, 0.2) is 356 Å². The molecular formula is C98H64B2Ir4N8O6P2S4Se4-4. The van der Waals surface area contributed by atoms with Crippen LogP contribution in [0.4, 0.5) is 0 Å². The van der Waals surface area contributed by atoms with Gasteiger partial charge in [0.15, 0.2) is 11.6 Å². The second-order valence-corrected chi connectivity index (χ2v) is 47.6. The predicted molar refractivity (Wildman–Crippen MR) is 510 cm³/mol. The summed E-state index contributed by atoms with van der Waals surface area (Å²) in [7, 11) is -5.87. The van der Waals surface area contributed by atoms with Crippen LogP contribution in [0.3, 0.4) is 0 Å². The van der Waals surface area contributed by atoms with Gasteiger partial charge < -0.3 is 29.3 Å². The summed E-state index contributed by atoms with van der Waals surface area (Å²) in [4.78, 5) is 63.0. The number of aliphatic hydroxyl groups is 2. The number of allylic oxidation sites excluding steroid dienone is 4. The van der Waals surface area contributed by atoms with Gasteiger partial charge in [-0.2, -0.15) is 0 Å². The number of aromatic nitrogens is 8. The first-order valence-electron chi connectivity index (χ1n) is 39.1. The van der Waals surface area contributed by atoms with E-state index < -0.39 is 14.3 Å². The Morgan fingerprint density at radius 1 is 0.336 bits per heavy atom. The quantitative estimate of drug-likeness (QED) is 0.0533. The van der Waals surface area contributed by atoms with Crippen LogP contribution in [0, 0.1) is 24.3 Å². The summed E-state index contributed by atoms with van der Waals surface area (Å²) >= 11 is 7.81. The molecule has 8 aliphatic heterocycles. The monoisotopic (exact) mass is 2750 g/mol. The van der Waals surface area contributed by atoms with E-state index in [2.05, 4.69) is 210 Å². The van der Waals surface area contributed by atoms with Gasteiger partial charge >= 0.3 is 343 Å². The third kappa shape index (κ3) is 19.0. The van der Waals surface area contributed by atoms with Gasteiger partial charge in [0.1, 0.15) is 14.3 Å². The van der Waals surface area contributed by atoms with E-state index in [1.807, 2.05) is 85.2 Å². The van der Waals surface area contributed by atoms with Crippen LogP contribution in [0.1, 0.15) is 27.7 Å². The van der Waals surface area contributed by atoms with Crippen molar-refractivity contribution in [2.24, 2.45) is 0 Å². The summed E-state index contributed by atoms with van der Waals surface area (Å²) in [6.07, 6.45) is 23.2. The number of ketones is 2. The van der Waals surface area contributed by atoms with Crippen molar-refractivity contribution in [3.05, 3.63) is 341 Å². The summed E-state index contributed by atoms with van der Waals surface area (Å²) in [5.74, 6) is -0.125. The molecule has 12 aromatic carbocycles. The van der Waals surface area contributed by atoms with Crippen LogP contribution >= 0.6 is 61.3 Å². The Morgan fingerprint density at radius 3 is 0.891 bits per heavy atom. The van der Waals surface area contributed by atoms with Gasteiger partial charge in [-0.1, -0.05) is 92.4 Å². The van der Waals surface area contributed by atoms with E-state index in [0.717, 1.165) is 116 Å². The van der Waals surface area contributed by atoms with Gasteiger partial charge in [0.2, 0.25) is 0 Å². The van der Waals surface area contributed by atoms with E-state index in [4.69, 9.17) is 10.2 Å². The maximum atomic E-state index is 14.7. The molecule has 14 nitrogen and oxygen atoms in total. The Bertz CT molecular complexity index is 6470. The van der Waals surface area contributed by atoms with Gasteiger partial charge in [0.05, 0.1) is 11.5 Å². The second-order valence-electron chi connectivity index (χ2n) is 29.1. The van der Waals surface area contributed by atoms with Crippen molar-refractivity contribution in [1.82, 2.24) is 39.9 Å². The third-order valence-corrected chi connectivity index (χ3v) is 42.5. The summed E-state index contributed by atoms with van der Waals surface area (Å²) in [5.41, 5.74) is 16.3. The van der Waals surface area contributed by atoms with Crippen molar-refractivity contribution in [2.45, 2.75) is 66.9 Å². The molecule has 0 saturated heterocycles. The van der Waals surface area contributed by atoms with Crippen LogP contribution in [0.5, 0.6) is 0 Å². The van der Waals surface area contributed by atoms with Gasteiger partial charge in [-0.15, -0.1) is 82.4 Å². The molecule has 4 radical (unpaired) electrons. The van der Waals surface area contributed by atoms with Crippen LogP contribution in [0.2, 0.25) is 0 Å². The first kappa shape index (κ1) is 94.7. The van der Waals surface area contributed by atoms with Gasteiger partial charge in [0.25, 0.3) is 0 Å². The number of hydrogen-bond donors (Lipinski definition) is 2. The van der Waals surface area contributed by atoms with E-state index in [0.29, 0.717) is 43.3 Å². The Kier molecular flexibility index (Phi) is 30.7.